The Balaban J connectivity index is 0.00000316. The molecule has 0 bridgehead atoms. The molecule has 0 aliphatic carbocycles. The minimum Gasteiger partial charge on any atom is -0.457 e. The molecule has 0 aliphatic heterocycles. The van der Waals surface area contributed by atoms with Crippen LogP contribution in [0.25, 0.3) is 12.8 Å². The molecule has 0 radical (unpaired) electrons. The highest BCUT2D eigenvalue weighted by Crippen LogP contribution is 2.23. The lowest BCUT2D eigenvalue weighted by molar-refractivity contribution is 0.0942. The van der Waals surface area contributed by atoms with Crippen molar-refractivity contribution in [3.05, 3.63) is 93.4 Å². The van der Waals surface area contributed by atoms with Crippen LogP contribution >= 0.6 is 0 Å². The molecule has 43 heavy (non-hydrogen) atoms. The van der Waals surface area contributed by atoms with Crippen LogP contribution in [0.4, 0.5) is 0 Å². The van der Waals surface area contributed by atoms with Gasteiger partial charge in [-0.1, -0.05) is 57.5 Å². The van der Waals surface area contributed by atoms with Gasteiger partial charge in [-0.15, -0.1) is 0 Å². The number of rotatable bonds is 15. The summed E-state index contributed by atoms with van der Waals surface area (Å²) in [5, 5.41) is 13.6. The molecule has 0 heterocycles. The van der Waals surface area contributed by atoms with Gasteiger partial charge in [0.05, 0.1) is 6.61 Å². The number of benzene rings is 3. The third kappa shape index (κ3) is 11.4. The van der Waals surface area contributed by atoms with Gasteiger partial charge in [0.1, 0.15) is 11.5 Å². The molecule has 0 aliphatic rings. The van der Waals surface area contributed by atoms with Crippen LogP contribution in [0.5, 0.6) is 11.5 Å². The fourth-order valence-electron chi connectivity index (χ4n) is 5.04. The topological polar surface area (TPSA) is 78.9 Å². The van der Waals surface area contributed by atoms with Crippen molar-refractivity contribution in [2.24, 2.45) is 5.92 Å². The van der Waals surface area contributed by atoms with Crippen molar-refractivity contribution < 1.29 is 19.4 Å². The van der Waals surface area contributed by atoms with E-state index in [9.17, 15) is 9.59 Å². The number of hydrogen-bond donors (Lipinski definition) is 2. The van der Waals surface area contributed by atoms with E-state index in [-0.39, 0.29) is 24.8 Å². The molecule has 1 unspecified atom stereocenters. The number of carbonyl (C=O) groups is 2. The molecule has 1 atom stereocenters. The van der Waals surface area contributed by atoms with Gasteiger partial charge in [0.2, 0.25) is 0 Å². The minimum atomic E-state index is -0.198. The van der Waals surface area contributed by atoms with Crippen LogP contribution in [0.15, 0.2) is 60.7 Å². The predicted octanol–water partition coefficient (Wildman–Crippen LogP) is 6.39. The van der Waals surface area contributed by atoms with E-state index in [1.807, 2.05) is 89.3 Å². The van der Waals surface area contributed by atoms with Gasteiger partial charge >= 0.3 is 0 Å². The second-order valence-electron chi connectivity index (χ2n) is 10.8. The molecular formula is C37H50N2O4. The molecule has 0 spiro atoms. The molecule has 3 rings (SSSR count). The van der Waals surface area contributed by atoms with Gasteiger partial charge < -0.3 is 20.1 Å². The van der Waals surface area contributed by atoms with Gasteiger partial charge in [0.15, 0.2) is 5.78 Å². The van der Waals surface area contributed by atoms with E-state index >= 15 is 0 Å². The molecule has 3 aromatic rings. The van der Waals surface area contributed by atoms with E-state index < -0.39 is 0 Å². The number of nitrogens with zero attached hydrogens (tertiary/aromatic N) is 1. The number of aliphatic hydroxyl groups excluding tert-OH is 1. The first-order valence-electron chi connectivity index (χ1n) is 15.5. The normalized spacial score (nSPS) is 11.7. The van der Waals surface area contributed by atoms with Gasteiger partial charge in [-0.2, -0.15) is 0 Å². The zero-order valence-electron chi connectivity index (χ0n) is 26.9. The Morgan fingerprint density at radius 3 is 2.21 bits per heavy atom. The zero-order valence-corrected chi connectivity index (χ0v) is 26.9. The summed E-state index contributed by atoms with van der Waals surface area (Å²) in [5.41, 5.74) is 3.34. The lowest BCUT2D eigenvalue weighted by Crippen LogP contribution is -2.35. The zero-order chi connectivity index (χ0) is 31.8. The van der Waals surface area contributed by atoms with Gasteiger partial charge in [-0.25, -0.2) is 0 Å². The Labute approximate surface area is 258 Å². The second-order valence-corrected chi connectivity index (χ2v) is 10.8. The van der Waals surface area contributed by atoms with Crippen LogP contribution in [0.2, 0.25) is 0 Å². The number of amides is 1. The number of aryl methyl sites for hydroxylation is 1. The molecule has 0 saturated heterocycles. The fraction of sp³-hybridized carbons (Fsp3) is 0.405. The highest BCUT2D eigenvalue weighted by atomic mass is 16.5. The maximum atomic E-state index is 12.9. The molecule has 3 aromatic carbocycles. The maximum Gasteiger partial charge on any atom is 0.251 e. The van der Waals surface area contributed by atoms with E-state index in [1.54, 1.807) is 6.07 Å². The van der Waals surface area contributed by atoms with E-state index in [1.165, 1.54) is 5.56 Å². The number of aliphatic hydroxyl groups is 1. The Kier molecular flexibility index (Phi) is 15.3. The molecule has 0 aromatic heterocycles. The first kappa shape index (κ1) is 35.3. The van der Waals surface area contributed by atoms with E-state index in [2.05, 4.69) is 29.9 Å². The number of Topliss-reactive ketones (excluding diaryl/α,β-unsaturated/α-hetero) is 1. The summed E-state index contributed by atoms with van der Waals surface area (Å²) < 4.78 is 5.88. The van der Waals surface area contributed by atoms with E-state index in [0.717, 1.165) is 54.0 Å². The van der Waals surface area contributed by atoms with Crippen molar-refractivity contribution in [1.29, 1.82) is 0 Å². The Morgan fingerprint density at radius 1 is 0.977 bits per heavy atom. The monoisotopic (exact) mass is 586 g/mol. The van der Waals surface area contributed by atoms with E-state index in [4.69, 9.17) is 9.84 Å². The van der Waals surface area contributed by atoms with Crippen molar-refractivity contribution in [3.8, 4) is 11.5 Å². The smallest absolute Gasteiger partial charge is 0.251 e. The second kappa shape index (κ2) is 18.6. The summed E-state index contributed by atoms with van der Waals surface area (Å²) in [6.07, 6.45) is 6.53. The average molecular weight is 587 g/mol. The van der Waals surface area contributed by atoms with Crippen molar-refractivity contribution in [1.82, 2.24) is 10.2 Å². The third-order valence-electron chi connectivity index (χ3n) is 7.29. The summed E-state index contributed by atoms with van der Waals surface area (Å²) in [5.74, 6) is 1.89. The molecule has 232 valence electrons. The lowest BCUT2D eigenvalue weighted by atomic mass is 9.94. The third-order valence-corrected chi connectivity index (χ3v) is 7.29. The molecule has 6 heteroatoms. The highest BCUT2D eigenvalue weighted by molar-refractivity contribution is 5.96. The summed E-state index contributed by atoms with van der Waals surface area (Å²) in [7, 11) is 2.05. The summed E-state index contributed by atoms with van der Waals surface area (Å²) >= 11 is 0. The van der Waals surface area contributed by atoms with Gasteiger partial charge in [0.25, 0.3) is 5.91 Å². The summed E-state index contributed by atoms with van der Waals surface area (Å²) in [4.78, 5) is 27.5. The first-order valence-corrected chi connectivity index (χ1v) is 15.5. The van der Waals surface area contributed by atoms with Crippen molar-refractivity contribution in [2.45, 2.75) is 66.7 Å². The van der Waals surface area contributed by atoms with Crippen LogP contribution in [0, 0.1) is 19.8 Å². The Morgan fingerprint density at radius 2 is 1.60 bits per heavy atom. The number of ether oxygens (including phenoxy) is 1. The van der Waals surface area contributed by atoms with Gasteiger partial charge in [0, 0.05) is 49.1 Å². The minimum absolute atomic E-state index is 0.0971. The number of carbonyl (C=O) groups excluding carboxylic acids is 2. The largest absolute Gasteiger partial charge is 0.457 e. The molecule has 1 amide bonds. The molecule has 0 fully saturated rings. The van der Waals surface area contributed by atoms with Crippen LogP contribution in [-0.2, 0) is 0 Å². The SMILES string of the molecule is C=c1ccc(C(=O)NCCO)c(C)/c1=C/N(C)CC(CCC)CCCC(=O)c1ccc(Oc2ccc(C)cc2)cc1.CC. The molecular weight excluding hydrogens is 536 g/mol. The van der Waals surface area contributed by atoms with Gasteiger partial charge in [-0.3, -0.25) is 9.59 Å². The Hall–Kier alpha value is -3.90. The van der Waals surface area contributed by atoms with Crippen LogP contribution < -0.4 is 20.5 Å². The summed E-state index contributed by atoms with van der Waals surface area (Å²) in [6.45, 7) is 15.3. The van der Waals surface area contributed by atoms with Crippen molar-refractivity contribution in [3.63, 3.8) is 0 Å². The maximum absolute atomic E-state index is 12.9. The number of ketones is 1. The predicted molar refractivity (Wildman–Crippen MR) is 178 cm³/mol. The Bertz CT molecular complexity index is 1400. The number of hydrogen-bond acceptors (Lipinski definition) is 5. The van der Waals surface area contributed by atoms with Crippen LogP contribution in [-0.4, -0.2) is 48.4 Å². The number of nitrogens with one attached hydrogen (secondary N) is 1. The molecule has 0 saturated carbocycles. The van der Waals surface area contributed by atoms with Crippen LogP contribution in [0.3, 0.4) is 0 Å². The standard InChI is InChI=1S/C35H44N2O4.C2H6/c1-6-8-28(23-37(5)24-33-26(3)13-20-32(27(33)4)35(40)36-21-22-38)9-7-10-34(39)29-14-18-31(19-15-29)41-30-16-11-25(2)12-17-30;1-2/h11-20,24,28,38H,3,6-10,21-23H2,1-2,4-5H3,(H,36,40);1-2H3/b33-24+;. The fourth-order valence-corrected chi connectivity index (χ4v) is 5.04. The van der Waals surface area contributed by atoms with Crippen molar-refractivity contribution >= 4 is 24.5 Å². The molecule has 2 N–H and O–H groups in total. The summed E-state index contributed by atoms with van der Waals surface area (Å²) in [6, 6.07) is 18.9. The quantitative estimate of drug-likeness (QED) is 0.202. The highest BCUT2D eigenvalue weighted by Gasteiger charge is 2.14. The molecule has 6 nitrogen and oxygen atoms in total. The van der Waals surface area contributed by atoms with Crippen LogP contribution in [0.1, 0.15) is 84.7 Å². The lowest BCUT2D eigenvalue weighted by Gasteiger charge is -2.23. The van der Waals surface area contributed by atoms with Gasteiger partial charge in [-0.05, 0) is 92.3 Å². The van der Waals surface area contributed by atoms with Crippen molar-refractivity contribution in [2.75, 3.05) is 26.7 Å². The average Bonchev–Trinajstić information content (AvgIpc) is 3.00. The van der Waals surface area contributed by atoms with E-state index in [0.29, 0.717) is 29.2 Å². The first-order chi connectivity index (χ1) is 20.7.